The Morgan fingerprint density at radius 1 is 1.30 bits per heavy atom. The average molecular weight is 365 g/mol. The summed E-state index contributed by atoms with van der Waals surface area (Å²) < 4.78 is 7.03. The van der Waals surface area contributed by atoms with Crippen molar-refractivity contribution in [1.29, 1.82) is 0 Å². The van der Waals surface area contributed by atoms with Gasteiger partial charge in [-0.25, -0.2) is 5.10 Å². The minimum absolute atomic E-state index is 0.355. The van der Waals surface area contributed by atoms with Crippen LogP contribution in [0.3, 0.4) is 0 Å². The van der Waals surface area contributed by atoms with Gasteiger partial charge in [-0.3, -0.25) is 0 Å². The summed E-state index contributed by atoms with van der Waals surface area (Å²) in [6.07, 6.45) is 6.70. The quantitative estimate of drug-likeness (QED) is 0.520. The van der Waals surface area contributed by atoms with Crippen LogP contribution in [0.2, 0.25) is 10.0 Å². The van der Waals surface area contributed by atoms with E-state index in [1.807, 2.05) is 12.1 Å². The zero-order valence-electron chi connectivity index (χ0n) is 11.6. The van der Waals surface area contributed by atoms with Crippen LogP contribution >= 0.6 is 35.4 Å². The molecule has 5 nitrogen and oxygen atoms in total. The molecule has 2 heterocycles. The van der Waals surface area contributed by atoms with E-state index < -0.39 is 0 Å². The Hall–Kier alpha value is -2.15. The molecule has 8 heteroatoms. The Labute approximate surface area is 146 Å². The fraction of sp³-hybridized carbons (Fsp3) is 0. The molecular weight excluding hydrogens is 355 g/mol. The molecule has 0 spiro atoms. The smallest absolute Gasteiger partial charge is 0.216 e. The van der Waals surface area contributed by atoms with E-state index in [-0.39, 0.29) is 0 Å². The maximum Gasteiger partial charge on any atom is 0.216 e. The third-order valence-electron chi connectivity index (χ3n) is 2.89. The number of aromatic amines is 1. The summed E-state index contributed by atoms with van der Waals surface area (Å²) in [4.78, 5) is 0. The second-order valence-electron chi connectivity index (χ2n) is 4.43. The number of nitrogens with one attached hydrogen (secondary N) is 1. The predicted octanol–water partition coefficient (Wildman–Crippen LogP) is 5.05. The van der Waals surface area contributed by atoms with Crippen molar-refractivity contribution in [3.8, 4) is 11.4 Å². The van der Waals surface area contributed by atoms with E-state index in [1.54, 1.807) is 42.8 Å². The van der Waals surface area contributed by atoms with Gasteiger partial charge in [0, 0.05) is 16.8 Å². The van der Waals surface area contributed by atoms with Crippen molar-refractivity contribution >= 4 is 47.7 Å². The van der Waals surface area contributed by atoms with Crippen molar-refractivity contribution in [3.63, 3.8) is 0 Å². The molecule has 0 bridgehead atoms. The highest BCUT2D eigenvalue weighted by atomic mass is 35.5. The summed E-state index contributed by atoms with van der Waals surface area (Å²) in [7, 11) is 0. The van der Waals surface area contributed by atoms with Crippen LogP contribution in [0.25, 0.3) is 17.5 Å². The second-order valence-corrected chi connectivity index (χ2v) is 5.66. The highest BCUT2D eigenvalue weighted by molar-refractivity contribution is 7.71. The number of H-pyrrole nitrogens is 1. The van der Waals surface area contributed by atoms with Gasteiger partial charge in [0.1, 0.15) is 5.76 Å². The van der Waals surface area contributed by atoms with Crippen LogP contribution in [0, 0.1) is 4.77 Å². The number of aromatic nitrogens is 3. The summed E-state index contributed by atoms with van der Waals surface area (Å²) in [6.45, 7) is 0. The minimum Gasteiger partial charge on any atom is -0.465 e. The molecule has 3 rings (SSSR count). The van der Waals surface area contributed by atoms with Gasteiger partial charge in [0.05, 0.1) is 11.3 Å². The summed E-state index contributed by atoms with van der Waals surface area (Å²) >= 11 is 17.3. The van der Waals surface area contributed by atoms with Crippen LogP contribution in [0.15, 0.2) is 52.2 Å². The Morgan fingerprint density at radius 2 is 2.17 bits per heavy atom. The van der Waals surface area contributed by atoms with Crippen molar-refractivity contribution in [3.05, 3.63) is 63.2 Å². The highest BCUT2D eigenvalue weighted by Gasteiger charge is 2.12. The lowest BCUT2D eigenvalue weighted by Crippen LogP contribution is -1.94. The molecule has 23 heavy (non-hydrogen) atoms. The van der Waals surface area contributed by atoms with Gasteiger partial charge in [-0.1, -0.05) is 23.2 Å². The van der Waals surface area contributed by atoms with E-state index in [9.17, 15) is 0 Å². The molecule has 3 aromatic rings. The normalized spacial score (nSPS) is 11.7. The molecule has 0 amide bonds. The minimum atomic E-state index is 0.355. The van der Waals surface area contributed by atoms with Crippen LogP contribution in [-0.2, 0) is 0 Å². The molecule has 0 radical (unpaired) electrons. The van der Waals surface area contributed by atoms with Gasteiger partial charge in [-0.15, -0.1) is 0 Å². The lowest BCUT2D eigenvalue weighted by molar-refractivity contribution is 0.557. The van der Waals surface area contributed by atoms with E-state index >= 15 is 0 Å². The third-order valence-corrected chi connectivity index (χ3v) is 3.71. The van der Waals surface area contributed by atoms with E-state index in [0.717, 1.165) is 5.76 Å². The van der Waals surface area contributed by atoms with E-state index in [0.29, 0.717) is 26.2 Å². The van der Waals surface area contributed by atoms with Crippen molar-refractivity contribution in [2.24, 2.45) is 5.10 Å². The maximum absolute atomic E-state index is 6.21. The van der Waals surface area contributed by atoms with Gasteiger partial charge in [-0.2, -0.15) is 14.9 Å². The van der Waals surface area contributed by atoms with Crippen molar-refractivity contribution in [1.82, 2.24) is 14.9 Å². The van der Waals surface area contributed by atoms with Crippen LogP contribution < -0.4 is 0 Å². The van der Waals surface area contributed by atoms with Crippen LogP contribution in [-0.4, -0.2) is 21.1 Å². The first-order valence-electron chi connectivity index (χ1n) is 6.52. The molecular formula is C15H10Cl2N4OS. The zero-order chi connectivity index (χ0) is 16.2. The molecule has 0 aliphatic rings. The first kappa shape index (κ1) is 15.7. The van der Waals surface area contributed by atoms with Gasteiger partial charge >= 0.3 is 0 Å². The average Bonchev–Trinajstić information content (AvgIpc) is 3.15. The second kappa shape index (κ2) is 6.95. The molecule has 0 saturated carbocycles. The van der Waals surface area contributed by atoms with Gasteiger partial charge < -0.3 is 4.42 Å². The van der Waals surface area contributed by atoms with Gasteiger partial charge in [0.15, 0.2) is 5.82 Å². The molecule has 2 aromatic heterocycles. The standard InChI is InChI=1S/C15H10Cl2N4OS/c16-10-5-6-12(13(17)9-10)14-19-20-15(23)21(14)18-7-1-3-11-4-2-8-22-11/h1-9H,(H,20,23)/b3-1+,18-7-. The molecule has 0 unspecified atom stereocenters. The fourth-order valence-electron chi connectivity index (χ4n) is 1.87. The van der Waals surface area contributed by atoms with Crippen molar-refractivity contribution in [2.75, 3.05) is 0 Å². The molecule has 116 valence electrons. The molecule has 0 atom stereocenters. The SMILES string of the molecule is S=c1[nH]nc(-c2ccc(Cl)cc2Cl)n1/N=C\C=C\c1ccco1. The first-order chi connectivity index (χ1) is 11.1. The van der Waals surface area contributed by atoms with Gasteiger partial charge in [0.25, 0.3) is 0 Å². The van der Waals surface area contributed by atoms with Gasteiger partial charge in [-0.05, 0) is 54.7 Å². The molecule has 0 aliphatic carbocycles. The maximum atomic E-state index is 6.21. The molecule has 0 saturated heterocycles. The van der Waals surface area contributed by atoms with Crippen molar-refractivity contribution < 1.29 is 4.42 Å². The number of hydrogen-bond acceptors (Lipinski definition) is 4. The van der Waals surface area contributed by atoms with Crippen molar-refractivity contribution in [2.45, 2.75) is 0 Å². The topological polar surface area (TPSA) is 59.1 Å². The first-order valence-corrected chi connectivity index (χ1v) is 7.69. The van der Waals surface area contributed by atoms with Crippen LogP contribution in [0.1, 0.15) is 5.76 Å². The number of hydrogen-bond donors (Lipinski definition) is 1. The summed E-state index contributed by atoms with van der Waals surface area (Å²) in [5.74, 6) is 1.23. The summed E-state index contributed by atoms with van der Waals surface area (Å²) in [5, 5.41) is 12.2. The Morgan fingerprint density at radius 3 is 2.91 bits per heavy atom. The number of nitrogens with zero attached hydrogens (tertiary/aromatic N) is 3. The van der Waals surface area contributed by atoms with Crippen LogP contribution in [0.4, 0.5) is 0 Å². The monoisotopic (exact) mass is 364 g/mol. The van der Waals surface area contributed by atoms with Gasteiger partial charge in [0.2, 0.25) is 4.77 Å². The number of benzene rings is 1. The Kier molecular flexibility index (Phi) is 4.76. The van der Waals surface area contributed by atoms with Crippen LogP contribution in [0.5, 0.6) is 0 Å². The lowest BCUT2D eigenvalue weighted by atomic mass is 10.2. The van der Waals surface area contributed by atoms with E-state index in [2.05, 4.69) is 15.3 Å². The predicted molar refractivity (Wildman–Crippen MR) is 94.5 cm³/mol. The van der Waals surface area contributed by atoms with E-state index in [1.165, 1.54) is 4.68 Å². The zero-order valence-corrected chi connectivity index (χ0v) is 13.9. The highest BCUT2D eigenvalue weighted by Crippen LogP contribution is 2.29. The summed E-state index contributed by atoms with van der Waals surface area (Å²) in [6, 6.07) is 8.78. The number of rotatable bonds is 4. The Balaban J connectivity index is 1.91. The summed E-state index contributed by atoms with van der Waals surface area (Å²) in [5.41, 5.74) is 0.676. The van der Waals surface area contributed by atoms with E-state index in [4.69, 9.17) is 39.8 Å². The number of furan rings is 1. The molecule has 1 aromatic carbocycles. The molecule has 0 aliphatic heterocycles. The Bertz CT molecular complexity index is 925. The number of allylic oxidation sites excluding steroid dienone is 1. The largest absolute Gasteiger partial charge is 0.465 e. The molecule has 1 N–H and O–H groups in total. The number of halogens is 2. The molecule has 0 fully saturated rings. The fourth-order valence-corrected chi connectivity index (χ4v) is 2.55. The lowest BCUT2D eigenvalue weighted by Gasteiger charge is -2.03. The third kappa shape index (κ3) is 3.61.